The largest absolute Gasteiger partial charge is 0.406 e. The molecule has 1 fully saturated rings. The van der Waals surface area contributed by atoms with Crippen LogP contribution in [0.1, 0.15) is 40.4 Å². The van der Waals surface area contributed by atoms with Gasteiger partial charge in [0.15, 0.2) is 5.60 Å². The second kappa shape index (κ2) is 8.83. The fourth-order valence-corrected chi connectivity index (χ4v) is 4.50. The molecule has 4 rings (SSSR count). The van der Waals surface area contributed by atoms with E-state index in [-0.39, 0.29) is 10.5 Å². The first-order valence-electron chi connectivity index (χ1n) is 10.3. The molecule has 1 atom stereocenters. The third kappa shape index (κ3) is 4.99. The van der Waals surface area contributed by atoms with Gasteiger partial charge in [0.1, 0.15) is 13.1 Å². The topological polar surface area (TPSA) is 79.3 Å². The Labute approximate surface area is 208 Å². The lowest BCUT2D eigenvalue weighted by Gasteiger charge is -2.22. The third-order valence-corrected chi connectivity index (χ3v) is 6.20. The summed E-state index contributed by atoms with van der Waals surface area (Å²) < 4.78 is 38.0. The fourth-order valence-electron chi connectivity index (χ4n) is 3.97. The minimum absolute atomic E-state index is 0.0229. The summed E-state index contributed by atoms with van der Waals surface area (Å²) in [6.45, 7) is 0.941. The van der Waals surface area contributed by atoms with Crippen LogP contribution < -0.4 is 0 Å². The van der Waals surface area contributed by atoms with Gasteiger partial charge in [-0.2, -0.15) is 13.2 Å². The molecular weight excluding hydrogens is 510 g/mol. The van der Waals surface area contributed by atoms with Crippen molar-refractivity contribution in [2.24, 2.45) is 5.16 Å². The summed E-state index contributed by atoms with van der Waals surface area (Å²) in [5.74, 6) is -1.95. The maximum atomic E-state index is 12.9. The van der Waals surface area contributed by atoms with Crippen LogP contribution in [0.25, 0.3) is 0 Å². The Balaban J connectivity index is 1.52. The van der Waals surface area contributed by atoms with E-state index in [0.717, 1.165) is 5.56 Å². The molecule has 0 spiro atoms. The zero-order valence-corrected chi connectivity index (χ0v) is 20.0. The average molecular weight is 528 g/mol. The van der Waals surface area contributed by atoms with Crippen molar-refractivity contribution >= 4 is 46.8 Å². The number of urea groups is 1. The normalized spacial score (nSPS) is 20.4. The van der Waals surface area contributed by atoms with Gasteiger partial charge in [-0.25, -0.2) is 4.79 Å². The maximum Gasteiger partial charge on any atom is 0.406 e. The number of hydrogen-bond donors (Lipinski definition) is 0. The highest BCUT2D eigenvalue weighted by molar-refractivity contribution is 6.34. The van der Waals surface area contributed by atoms with Gasteiger partial charge in [0.2, 0.25) is 0 Å². The van der Waals surface area contributed by atoms with Crippen molar-refractivity contribution in [2.45, 2.75) is 32.0 Å². The number of oxime groups is 1. The van der Waals surface area contributed by atoms with Crippen molar-refractivity contribution in [3.8, 4) is 0 Å². The van der Waals surface area contributed by atoms with Crippen LogP contribution in [0.15, 0.2) is 41.6 Å². The van der Waals surface area contributed by atoms with E-state index in [4.69, 9.17) is 28.0 Å². The third-order valence-electron chi connectivity index (χ3n) is 5.76. The van der Waals surface area contributed by atoms with Crippen LogP contribution >= 0.6 is 23.2 Å². The van der Waals surface area contributed by atoms with Crippen LogP contribution in [-0.4, -0.2) is 52.6 Å². The smallest absolute Gasteiger partial charge is 0.384 e. The number of halogens is 5. The van der Waals surface area contributed by atoms with Gasteiger partial charge in [-0.3, -0.25) is 19.4 Å². The van der Waals surface area contributed by atoms with Crippen LogP contribution in [0.5, 0.6) is 0 Å². The highest BCUT2D eigenvalue weighted by atomic mass is 35.5. The van der Waals surface area contributed by atoms with E-state index >= 15 is 0 Å². The minimum Gasteiger partial charge on any atom is -0.384 e. The van der Waals surface area contributed by atoms with Gasteiger partial charge in [0.25, 0.3) is 11.8 Å². The van der Waals surface area contributed by atoms with E-state index in [1.807, 2.05) is 6.92 Å². The molecule has 2 aromatic carbocycles. The molecule has 0 N–H and O–H groups in total. The summed E-state index contributed by atoms with van der Waals surface area (Å²) in [7, 11) is 0. The lowest BCUT2D eigenvalue weighted by atomic mass is 9.88. The van der Waals surface area contributed by atoms with Gasteiger partial charge >= 0.3 is 12.2 Å². The first-order chi connectivity index (χ1) is 16.3. The number of benzene rings is 2. The molecule has 0 saturated carbocycles. The van der Waals surface area contributed by atoms with Crippen molar-refractivity contribution in [3.63, 3.8) is 0 Å². The Kier molecular flexibility index (Phi) is 6.31. The molecule has 2 aliphatic heterocycles. The summed E-state index contributed by atoms with van der Waals surface area (Å²) in [4.78, 5) is 43.3. The molecule has 2 aromatic rings. The Morgan fingerprint density at radius 1 is 1.14 bits per heavy atom. The highest BCUT2D eigenvalue weighted by Crippen LogP contribution is 2.38. The van der Waals surface area contributed by atoms with Crippen molar-refractivity contribution in [1.82, 2.24) is 9.80 Å². The van der Waals surface area contributed by atoms with Gasteiger partial charge in [-0.15, -0.1) is 0 Å². The molecule has 0 bridgehead atoms. The quantitative estimate of drug-likeness (QED) is 0.505. The highest BCUT2D eigenvalue weighted by Gasteiger charge is 2.45. The molecule has 0 radical (unpaired) electrons. The van der Waals surface area contributed by atoms with E-state index in [2.05, 4.69) is 5.16 Å². The number of nitrogens with zero attached hydrogens (tertiary/aromatic N) is 3. The molecule has 4 amide bonds. The van der Waals surface area contributed by atoms with E-state index in [9.17, 15) is 27.6 Å². The zero-order valence-electron chi connectivity index (χ0n) is 18.4. The van der Waals surface area contributed by atoms with Crippen LogP contribution in [0, 0.1) is 6.92 Å². The summed E-state index contributed by atoms with van der Waals surface area (Å²) in [5.41, 5.74) is 1.68. The second-order valence-corrected chi connectivity index (χ2v) is 9.37. The Morgan fingerprint density at radius 3 is 2.40 bits per heavy atom. The molecule has 0 aromatic heterocycles. The van der Waals surface area contributed by atoms with Crippen LogP contribution in [0.3, 0.4) is 0 Å². The fraction of sp³-hybridized carbons (Fsp3) is 0.304. The molecule has 0 aliphatic carbocycles. The molecule has 2 aliphatic rings. The summed E-state index contributed by atoms with van der Waals surface area (Å²) >= 11 is 12.2. The van der Waals surface area contributed by atoms with E-state index in [1.54, 1.807) is 37.3 Å². The predicted octanol–water partition coefficient (Wildman–Crippen LogP) is 5.31. The Bertz CT molecular complexity index is 1260. The van der Waals surface area contributed by atoms with Crippen LogP contribution in [0.4, 0.5) is 18.0 Å². The van der Waals surface area contributed by atoms with E-state index in [0.29, 0.717) is 38.2 Å². The van der Waals surface area contributed by atoms with Gasteiger partial charge < -0.3 is 4.84 Å². The molecule has 7 nitrogen and oxygen atoms in total. The number of carbonyl (C=O) groups is 3. The molecule has 1 saturated heterocycles. The molecule has 12 heteroatoms. The van der Waals surface area contributed by atoms with Gasteiger partial charge in [0, 0.05) is 27.6 Å². The molecule has 35 heavy (non-hydrogen) atoms. The average Bonchev–Trinajstić information content (AvgIpc) is 3.28. The van der Waals surface area contributed by atoms with Crippen molar-refractivity contribution < 1.29 is 32.4 Å². The summed E-state index contributed by atoms with van der Waals surface area (Å²) in [6.07, 6.45) is -4.39. The van der Waals surface area contributed by atoms with E-state index < -0.39 is 42.7 Å². The standard InChI is InChI=1S/C23H18Cl2F3N3O4/c1-12-5-13(18-9-22(2,35-29-18)14-6-15(24)8-16(25)7-14)3-4-17(12)20(33)30-10-19(32)31(21(30)34)11-23(26,27)28/h3-8H,9-11H2,1-2H3. The van der Waals surface area contributed by atoms with Gasteiger partial charge in [-0.05, 0) is 55.3 Å². The van der Waals surface area contributed by atoms with Crippen LogP contribution in [-0.2, 0) is 15.2 Å². The number of rotatable bonds is 4. The second-order valence-electron chi connectivity index (χ2n) is 8.49. The summed E-state index contributed by atoms with van der Waals surface area (Å²) in [5, 5.41) is 5.08. The zero-order chi connectivity index (χ0) is 25.7. The van der Waals surface area contributed by atoms with Crippen molar-refractivity contribution in [2.75, 3.05) is 13.1 Å². The number of carbonyl (C=O) groups excluding carboxylic acids is 3. The first kappa shape index (κ1) is 25.0. The number of aryl methyl sites for hydroxylation is 1. The molecule has 1 unspecified atom stereocenters. The molecule has 184 valence electrons. The van der Waals surface area contributed by atoms with E-state index in [1.165, 1.54) is 6.07 Å². The Hall–Kier alpha value is -3.11. The number of hydrogen-bond acceptors (Lipinski definition) is 5. The van der Waals surface area contributed by atoms with Crippen molar-refractivity contribution in [1.29, 1.82) is 0 Å². The molecular formula is C23H18Cl2F3N3O4. The number of alkyl halides is 3. The monoisotopic (exact) mass is 527 g/mol. The summed E-state index contributed by atoms with van der Waals surface area (Å²) in [6, 6.07) is 8.45. The first-order valence-corrected chi connectivity index (χ1v) is 11.1. The lowest BCUT2D eigenvalue weighted by molar-refractivity contribution is -0.151. The molecule has 2 heterocycles. The maximum absolute atomic E-state index is 12.9. The van der Waals surface area contributed by atoms with Crippen LogP contribution in [0.2, 0.25) is 10.0 Å². The lowest BCUT2D eigenvalue weighted by Crippen LogP contribution is -2.41. The van der Waals surface area contributed by atoms with Gasteiger partial charge in [0.05, 0.1) is 5.71 Å². The van der Waals surface area contributed by atoms with Crippen molar-refractivity contribution in [3.05, 3.63) is 68.7 Å². The number of imide groups is 2. The minimum atomic E-state index is -4.77. The van der Waals surface area contributed by atoms with Gasteiger partial charge in [-0.1, -0.05) is 34.4 Å². The number of amides is 4. The predicted molar refractivity (Wildman–Crippen MR) is 121 cm³/mol. The SMILES string of the molecule is Cc1cc(C2=NOC(C)(c3cc(Cl)cc(Cl)c3)C2)ccc1C(=O)N1CC(=O)N(CC(F)(F)F)C1=O. The Morgan fingerprint density at radius 2 is 1.80 bits per heavy atom.